The molecule has 6 heteroatoms. The molecule has 31 heavy (non-hydrogen) atoms. The van der Waals surface area contributed by atoms with Crippen molar-refractivity contribution in [3.8, 4) is 11.5 Å². The standard InChI is InChI=1S/C25H25NO5/c1-19(31-24(27)16-17-29-22-10-6-3-7-11-22)25(28)26-21-12-14-23(15-13-21)30-18-20-8-4-2-5-9-20/h2-15,19H,16-18H2,1H3,(H,26,28). The fourth-order valence-corrected chi connectivity index (χ4v) is 2.70. The number of rotatable bonds is 10. The van der Waals surface area contributed by atoms with Crippen LogP contribution in [-0.2, 0) is 20.9 Å². The predicted molar refractivity (Wildman–Crippen MR) is 118 cm³/mol. The fourth-order valence-electron chi connectivity index (χ4n) is 2.70. The number of hydrogen-bond acceptors (Lipinski definition) is 5. The molecular weight excluding hydrogens is 394 g/mol. The number of benzene rings is 3. The van der Waals surface area contributed by atoms with Crippen LogP contribution in [0.1, 0.15) is 18.9 Å². The molecule has 0 aliphatic carbocycles. The highest BCUT2D eigenvalue weighted by Crippen LogP contribution is 2.17. The van der Waals surface area contributed by atoms with Crippen LogP contribution in [0.2, 0.25) is 0 Å². The van der Waals surface area contributed by atoms with Gasteiger partial charge in [-0.25, -0.2) is 0 Å². The summed E-state index contributed by atoms with van der Waals surface area (Å²) in [6.45, 7) is 2.18. The zero-order valence-corrected chi connectivity index (χ0v) is 17.3. The number of nitrogens with one attached hydrogen (secondary N) is 1. The van der Waals surface area contributed by atoms with Gasteiger partial charge in [0.1, 0.15) is 18.1 Å². The van der Waals surface area contributed by atoms with Crippen LogP contribution in [0.25, 0.3) is 0 Å². The topological polar surface area (TPSA) is 73.9 Å². The molecule has 1 atom stereocenters. The Hall–Kier alpha value is -3.80. The van der Waals surface area contributed by atoms with Crippen molar-refractivity contribution in [2.24, 2.45) is 0 Å². The first kappa shape index (κ1) is 21.9. The van der Waals surface area contributed by atoms with E-state index in [-0.39, 0.29) is 13.0 Å². The van der Waals surface area contributed by atoms with Gasteiger partial charge in [-0.05, 0) is 48.9 Å². The molecule has 0 saturated carbocycles. The number of hydrogen-bond donors (Lipinski definition) is 1. The highest BCUT2D eigenvalue weighted by molar-refractivity contribution is 5.95. The van der Waals surface area contributed by atoms with Crippen molar-refractivity contribution >= 4 is 17.6 Å². The lowest BCUT2D eigenvalue weighted by Crippen LogP contribution is -2.30. The van der Waals surface area contributed by atoms with Crippen molar-refractivity contribution in [2.45, 2.75) is 26.1 Å². The molecular formula is C25H25NO5. The SMILES string of the molecule is CC(OC(=O)CCOc1ccccc1)C(=O)Nc1ccc(OCc2ccccc2)cc1. The van der Waals surface area contributed by atoms with E-state index in [1.807, 2.05) is 48.5 Å². The van der Waals surface area contributed by atoms with Crippen molar-refractivity contribution in [1.82, 2.24) is 0 Å². The molecule has 0 fully saturated rings. The molecule has 1 unspecified atom stereocenters. The van der Waals surface area contributed by atoms with Crippen LogP contribution in [0.15, 0.2) is 84.9 Å². The molecule has 0 aliphatic rings. The monoisotopic (exact) mass is 419 g/mol. The molecule has 3 rings (SSSR count). The zero-order chi connectivity index (χ0) is 21.9. The van der Waals surface area contributed by atoms with E-state index in [2.05, 4.69) is 5.32 Å². The van der Waals surface area contributed by atoms with E-state index < -0.39 is 18.0 Å². The third-order valence-corrected chi connectivity index (χ3v) is 4.37. The summed E-state index contributed by atoms with van der Waals surface area (Å²) in [4.78, 5) is 24.2. The van der Waals surface area contributed by atoms with Gasteiger partial charge in [-0.2, -0.15) is 0 Å². The van der Waals surface area contributed by atoms with Crippen molar-refractivity contribution < 1.29 is 23.8 Å². The maximum absolute atomic E-state index is 12.3. The maximum Gasteiger partial charge on any atom is 0.310 e. The van der Waals surface area contributed by atoms with Crippen LogP contribution in [0.3, 0.4) is 0 Å². The molecule has 3 aromatic rings. The molecule has 0 spiro atoms. The summed E-state index contributed by atoms with van der Waals surface area (Å²) < 4.78 is 16.4. The van der Waals surface area contributed by atoms with Gasteiger partial charge in [-0.15, -0.1) is 0 Å². The van der Waals surface area contributed by atoms with E-state index in [0.717, 1.165) is 5.56 Å². The summed E-state index contributed by atoms with van der Waals surface area (Å²) in [5, 5.41) is 2.73. The summed E-state index contributed by atoms with van der Waals surface area (Å²) in [6.07, 6.45) is -0.863. The summed E-state index contributed by atoms with van der Waals surface area (Å²) >= 11 is 0. The highest BCUT2D eigenvalue weighted by atomic mass is 16.5. The molecule has 0 aromatic heterocycles. The average Bonchev–Trinajstić information content (AvgIpc) is 2.80. The highest BCUT2D eigenvalue weighted by Gasteiger charge is 2.18. The summed E-state index contributed by atoms with van der Waals surface area (Å²) in [7, 11) is 0. The van der Waals surface area contributed by atoms with E-state index in [0.29, 0.717) is 23.8 Å². The first-order chi connectivity index (χ1) is 15.1. The van der Waals surface area contributed by atoms with Gasteiger partial charge < -0.3 is 19.5 Å². The Morgan fingerprint density at radius 3 is 2.10 bits per heavy atom. The fraction of sp³-hybridized carbons (Fsp3) is 0.200. The van der Waals surface area contributed by atoms with Crippen LogP contribution in [0, 0.1) is 0 Å². The molecule has 1 N–H and O–H groups in total. The molecule has 1 amide bonds. The second kappa shape index (κ2) is 11.4. The number of anilines is 1. The molecule has 160 valence electrons. The largest absolute Gasteiger partial charge is 0.493 e. The molecule has 6 nitrogen and oxygen atoms in total. The lowest BCUT2D eigenvalue weighted by molar-refractivity contribution is -0.153. The van der Waals surface area contributed by atoms with Crippen LogP contribution < -0.4 is 14.8 Å². The van der Waals surface area contributed by atoms with E-state index in [1.54, 1.807) is 36.4 Å². The minimum Gasteiger partial charge on any atom is -0.493 e. The second-order valence-corrected chi connectivity index (χ2v) is 6.83. The molecule has 0 radical (unpaired) electrons. The van der Waals surface area contributed by atoms with Gasteiger partial charge in [0.05, 0.1) is 13.0 Å². The quantitative estimate of drug-likeness (QED) is 0.486. The number of carbonyl (C=O) groups is 2. The van der Waals surface area contributed by atoms with Gasteiger partial charge >= 0.3 is 5.97 Å². The third-order valence-electron chi connectivity index (χ3n) is 4.37. The number of ether oxygens (including phenoxy) is 3. The van der Waals surface area contributed by atoms with Gasteiger partial charge in [0, 0.05) is 5.69 Å². The van der Waals surface area contributed by atoms with Gasteiger partial charge in [0.2, 0.25) is 0 Å². The van der Waals surface area contributed by atoms with Crippen molar-refractivity contribution in [3.05, 3.63) is 90.5 Å². The first-order valence-electron chi connectivity index (χ1n) is 10.0. The Bertz CT molecular complexity index is 958. The molecule has 0 bridgehead atoms. The Morgan fingerprint density at radius 1 is 0.806 bits per heavy atom. The van der Waals surface area contributed by atoms with E-state index in [1.165, 1.54) is 6.92 Å². The number of amides is 1. The van der Waals surface area contributed by atoms with E-state index >= 15 is 0 Å². The summed E-state index contributed by atoms with van der Waals surface area (Å²) in [5.41, 5.74) is 1.66. The Kier molecular flexibility index (Phi) is 8.05. The summed E-state index contributed by atoms with van der Waals surface area (Å²) in [6, 6.07) is 26.1. The van der Waals surface area contributed by atoms with Gasteiger partial charge in [-0.3, -0.25) is 9.59 Å². The maximum atomic E-state index is 12.3. The van der Waals surface area contributed by atoms with Gasteiger partial charge in [-0.1, -0.05) is 48.5 Å². The smallest absolute Gasteiger partial charge is 0.310 e. The minimum absolute atomic E-state index is 0.0555. The van der Waals surface area contributed by atoms with E-state index in [4.69, 9.17) is 14.2 Å². The zero-order valence-electron chi connectivity index (χ0n) is 17.3. The van der Waals surface area contributed by atoms with Crippen LogP contribution in [-0.4, -0.2) is 24.6 Å². The second-order valence-electron chi connectivity index (χ2n) is 6.83. The minimum atomic E-state index is -0.918. The van der Waals surface area contributed by atoms with Crippen LogP contribution in [0.5, 0.6) is 11.5 Å². The summed E-state index contributed by atoms with van der Waals surface area (Å²) in [5.74, 6) is 0.468. The van der Waals surface area contributed by atoms with Crippen molar-refractivity contribution in [1.29, 1.82) is 0 Å². The van der Waals surface area contributed by atoms with Gasteiger partial charge in [0.25, 0.3) is 5.91 Å². The molecule has 3 aromatic carbocycles. The third kappa shape index (κ3) is 7.51. The lowest BCUT2D eigenvalue weighted by Gasteiger charge is -2.14. The Balaban J connectivity index is 1.38. The molecule has 0 aliphatic heterocycles. The average molecular weight is 419 g/mol. The number of para-hydroxylation sites is 1. The van der Waals surface area contributed by atoms with Crippen LogP contribution >= 0.6 is 0 Å². The van der Waals surface area contributed by atoms with Crippen LogP contribution in [0.4, 0.5) is 5.69 Å². The van der Waals surface area contributed by atoms with Gasteiger partial charge in [0.15, 0.2) is 6.10 Å². The number of carbonyl (C=O) groups excluding carboxylic acids is 2. The normalized spacial score (nSPS) is 11.3. The van der Waals surface area contributed by atoms with Crippen molar-refractivity contribution in [3.63, 3.8) is 0 Å². The molecule has 0 heterocycles. The lowest BCUT2D eigenvalue weighted by atomic mass is 10.2. The predicted octanol–water partition coefficient (Wildman–Crippen LogP) is 4.60. The Morgan fingerprint density at radius 2 is 1.42 bits per heavy atom. The van der Waals surface area contributed by atoms with Crippen molar-refractivity contribution in [2.75, 3.05) is 11.9 Å². The molecule has 0 saturated heterocycles. The van der Waals surface area contributed by atoms with E-state index in [9.17, 15) is 9.59 Å². The Labute approximate surface area is 181 Å². The first-order valence-corrected chi connectivity index (χ1v) is 10.0. The number of esters is 1.